The monoisotopic (exact) mass is 283 g/mol. The number of nitrogens with one attached hydrogen (secondary N) is 1. The molecule has 2 heterocycles. The van der Waals surface area contributed by atoms with Gasteiger partial charge in [0.2, 0.25) is 11.4 Å². The van der Waals surface area contributed by atoms with Gasteiger partial charge in [0.1, 0.15) is 0 Å². The van der Waals surface area contributed by atoms with Crippen molar-refractivity contribution >= 4 is 17.3 Å². The van der Waals surface area contributed by atoms with Crippen LogP contribution in [0.25, 0.3) is 5.70 Å². The lowest BCUT2D eigenvalue weighted by molar-refractivity contribution is -0.441. The fourth-order valence-corrected chi connectivity index (χ4v) is 2.78. The molecule has 1 aromatic carbocycles. The van der Waals surface area contributed by atoms with Crippen molar-refractivity contribution in [2.24, 2.45) is 0 Å². The molecule has 3 rings (SSSR count). The van der Waals surface area contributed by atoms with E-state index in [1.54, 1.807) is 0 Å². The Labute approximate surface area is 126 Å². The van der Waals surface area contributed by atoms with E-state index in [0.717, 1.165) is 42.1 Å². The minimum atomic E-state index is -0.0390. The highest BCUT2D eigenvalue weighted by molar-refractivity contribution is 6.38. The number of allylic oxidation sites excluding steroid dienone is 1. The van der Waals surface area contributed by atoms with Crippen LogP contribution in [-0.2, 0) is 11.3 Å². The third-order valence-electron chi connectivity index (χ3n) is 3.91. The minimum absolute atomic E-state index is 0.0390. The second kappa shape index (κ2) is 6.08. The molecule has 1 saturated heterocycles. The predicted octanol–water partition coefficient (Wildman–Crippen LogP) is 3.38. The molecule has 2 aliphatic heterocycles. The molecule has 110 valence electrons. The first-order valence-electron chi connectivity index (χ1n) is 7.48. The Balaban J connectivity index is 0.000000774. The van der Waals surface area contributed by atoms with Crippen molar-refractivity contribution in [2.75, 3.05) is 0 Å². The lowest BCUT2D eigenvalue weighted by Gasteiger charge is -2.14. The Morgan fingerprint density at radius 3 is 2.52 bits per heavy atom. The molecule has 0 saturated carbocycles. The van der Waals surface area contributed by atoms with Gasteiger partial charge in [-0.3, -0.25) is 4.79 Å². The van der Waals surface area contributed by atoms with Crippen LogP contribution in [0.1, 0.15) is 43.4 Å². The summed E-state index contributed by atoms with van der Waals surface area (Å²) in [5.41, 5.74) is 6.21. The van der Waals surface area contributed by atoms with Crippen molar-refractivity contribution in [3.8, 4) is 0 Å². The molecule has 0 spiro atoms. The van der Waals surface area contributed by atoms with Gasteiger partial charge in [-0.25, -0.2) is 0 Å². The summed E-state index contributed by atoms with van der Waals surface area (Å²) in [6, 6.07) is 6.21. The molecule has 0 unspecified atom stereocenters. The largest absolute Gasteiger partial charge is 0.321 e. The van der Waals surface area contributed by atoms with Crippen LogP contribution in [0.3, 0.4) is 0 Å². The van der Waals surface area contributed by atoms with E-state index in [2.05, 4.69) is 37.5 Å². The molecule has 0 bridgehead atoms. The van der Waals surface area contributed by atoms with Gasteiger partial charge < -0.3 is 5.32 Å². The van der Waals surface area contributed by atoms with Gasteiger partial charge in [0.05, 0.1) is 5.56 Å². The second-order valence-corrected chi connectivity index (χ2v) is 5.14. The Hall–Kier alpha value is -2.16. The number of rotatable bonds is 0. The highest BCUT2D eigenvalue weighted by Crippen LogP contribution is 2.31. The summed E-state index contributed by atoms with van der Waals surface area (Å²) in [6.45, 7) is 14.8. The van der Waals surface area contributed by atoms with Gasteiger partial charge in [0.15, 0.2) is 6.54 Å². The fourth-order valence-electron chi connectivity index (χ4n) is 2.78. The first kappa shape index (κ1) is 15.2. The molecule has 21 heavy (non-hydrogen) atoms. The second-order valence-electron chi connectivity index (χ2n) is 5.14. The quantitative estimate of drug-likeness (QED) is 0.727. The van der Waals surface area contributed by atoms with Crippen molar-refractivity contribution in [1.82, 2.24) is 5.32 Å². The lowest BCUT2D eigenvalue weighted by atomic mass is 10.0. The number of benzene rings is 1. The summed E-state index contributed by atoms with van der Waals surface area (Å²) < 4.78 is 2.04. The number of nitrogens with zero attached hydrogens (tertiary/aromatic N) is 1. The number of carbonyl (C=O) groups is 1. The number of carbonyl (C=O) groups excluding carboxylic acids is 1. The van der Waals surface area contributed by atoms with E-state index in [0.29, 0.717) is 0 Å². The Bertz CT molecular complexity index is 653. The number of piperidine rings is 1. The number of hydrogen-bond donors (Lipinski definition) is 1. The molecular weight excluding hydrogens is 260 g/mol. The summed E-state index contributed by atoms with van der Waals surface area (Å²) >= 11 is 0. The zero-order valence-electron chi connectivity index (χ0n) is 13.1. The molecular formula is C18H23N2O+. The molecule has 1 fully saturated rings. The molecule has 3 heteroatoms. The van der Waals surface area contributed by atoms with Gasteiger partial charge in [-0.05, 0) is 31.6 Å². The number of amides is 1. The Kier molecular flexibility index (Phi) is 4.41. The molecule has 1 aromatic rings. The van der Waals surface area contributed by atoms with Crippen LogP contribution < -0.4 is 5.32 Å². The predicted molar refractivity (Wildman–Crippen MR) is 87.0 cm³/mol. The molecule has 1 N–H and O–H groups in total. The van der Waals surface area contributed by atoms with Gasteiger partial charge in [0.25, 0.3) is 0 Å². The van der Waals surface area contributed by atoms with E-state index in [1.807, 2.05) is 24.5 Å². The summed E-state index contributed by atoms with van der Waals surface area (Å²) in [4.78, 5) is 12.1. The molecule has 1 amide bonds. The molecule has 3 nitrogen and oxygen atoms in total. The van der Waals surface area contributed by atoms with Crippen LogP contribution in [-0.4, -0.2) is 16.2 Å². The van der Waals surface area contributed by atoms with Crippen LogP contribution in [0.2, 0.25) is 0 Å². The van der Waals surface area contributed by atoms with Gasteiger partial charge in [-0.2, -0.15) is 4.58 Å². The topological polar surface area (TPSA) is 32.1 Å². The average Bonchev–Trinajstić information content (AvgIpc) is 2.80. The van der Waals surface area contributed by atoms with Crippen molar-refractivity contribution in [1.29, 1.82) is 0 Å². The van der Waals surface area contributed by atoms with E-state index >= 15 is 0 Å². The summed E-state index contributed by atoms with van der Waals surface area (Å²) in [5, 5.41) is 2.81. The first-order chi connectivity index (χ1) is 10.1. The SMILES string of the molecule is C=C1CCC(=[N+]2Cc3c(C)cccc3C2=C)C(=O)N1.CC. The van der Waals surface area contributed by atoms with Crippen LogP contribution in [0.15, 0.2) is 37.1 Å². The third kappa shape index (κ3) is 2.68. The molecule has 0 atom stereocenters. The van der Waals surface area contributed by atoms with E-state index in [1.165, 1.54) is 11.1 Å². The molecule has 0 aromatic heterocycles. The van der Waals surface area contributed by atoms with Crippen molar-refractivity contribution in [3.05, 3.63) is 53.7 Å². The maximum atomic E-state index is 12.1. The third-order valence-corrected chi connectivity index (χ3v) is 3.91. The first-order valence-corrected chi connectivity index (χ1v) is 7.48. The van der Waals surface area contributed by atoms with Gasteiger partial charge in [-0.15, -0.1) is 0 Å². The van der Waals surface area contributed by atoms with Gasteiger partial charge in [-0.1, -0.05) is 32.6 Å². The van der Waals surface area contributed by atoms with Crippen molar-refractivity contribution in [2.45, 2.75) is 40.2 Å². The molecule has 2 aliphatic rings. The van der Waals surface area contributed by atoms with Gasteiger partial charge in [0, 0.05) is 17.7 Å². The summed E-state index contributed by atoms with van der Waals surface area (Å²) in [5.74, 6) is -0.0390. The number of fused-ring (bicyclic) bond motifs is 1. The van der Waals surface area contributed by atoms with E-state index in [9.17, 15) is 4.79 Å². The van der Waals surface area contributed by atoms with E-state index in [4.69, 9.17) is 0 Å². The minimum Gasteiger partial charge on any atom is -0.321 e. The van der Waals surface area contributed by atoms with E-state index in [-0.39, 0.29) is 5.91 Å². The maximum absolute atomic E-state index is 12.1. The normalized spacial score (nSPS) is 20.6. The highest BCUT2D eigenvalue weighted by Gasteiger charge is 2.35. The Morgan fingerprint density at radius 2 is 1.90 bits per heavy atom. The number of aryl methyl sites for hydroxylation is 1. The zero-order chi connectivity index (χ0) is 15.6. The standard InChI is InChI=1S/C16H16N2O.C2H6/c1-10-5-4-6-13-12(3)18(9-14(10)13)15-8-7-11(2)17-16(15)19;1-2/h4-6H,2-3,7-9H2,1H3;1-2H3/p+1. The summed E-state index contributed by atoms with van der Waals surface area (Å²) in [7, 11) is 0. The van der Waals surface area contributed by atoms with Crippen LogP contribution >= 0.6 is 0 Å². The molecule has 0 aliphatic carbocycles. The fraction of sp³-hybridized carbons (Fsp3) is 0.333. The van der Waals surface area contributed by atoms with Crippen molar-refractivity contribution < 1.29 is 9.37 Å². The maximum Gasteiger partial charge on any atom is 0.315 e. The van der Waals surface area contributed by atoms with Crippen LogP contribution in [0, 0.1) is 6.92 Å². The van der Waals surface area contributed by atoms with Crippen LogP contribution in [0.4, 0.5) is 0 Å². The average molecular weight is 283 g/mol. The molecule has 0 radical (unpaired) electrons. The van der Waals surface area contributed by atoms with Crippen molar-refractivity contribution in [3.63, 3.8) is 0 Å². The highest BCUT2D eigenvalue weighted by atomic mass is 16.2. The van der Waals surface area contributed by atoms with Gasteiger partial charge >= 0.3 is 5.91 Å². The lowest BCUT2D eigenvalue weighted by Crippen LogP contribution is -2.39. The Morgan fingerprint density at radius 1 is 1.19 bits per heavy atom. The van der Waals surface area contributed by atoms with E-state index < -0.39 is 0 Å². The summed E-state index contributed by atoms with van der Waals surface area (Å²) in [6.07, 6.45) is 1.54. The number of hydrogen-bond acceptors (Lipinski definition) is 1. The van der Waals surface area contributed by atoms with Crippen LogP contribution in [0.5, 0.6) is 0 Å². The zero-order valence-corrected chi connectivity index (χ0v) is 13.1. The smallest absolute Gasteiger partial charge is 0.315 e.